The van der Waals surface area contributed by atoms with E-state index in [4.69, 9.17) is 0 Å². The molecule has 1 fully saturated rings. The van der Waals surface area contributed by atoms with E-state index in [1.165, 1.54) is 12.1 Å². The van der Waals surface area contributed by atoms with E-state index < -0.39 is 0 Å². The number of urea groups is 1. The molecule has 0 unspecified atom stereocenters. The number of anilines is 1. The minimum atomic E-state index is -0.244. The third kappa shape index (κ3) is 4.22. The van der Waals surface area contributed by atoms with Crippen LogP contribution < -0.4 is 10.2 Å². The summed E-state index contributed by atoms with van der Waals surface area (Å²) in [7, 11) is 0. The minimum absolute atomic E-state index is 0.0548. The van der Waals surface area contributed by atoms with E-state index >= 15 is 0 Å². The van der Waals surface area contributed by atoms with E-state index in [0.717, 1.165) is 24.3 Å². The van der Waals surface area contributed by atoms with E-state index in [9.17, 15) is 9.18 Å². The first-order chi connectivity index (χ1) is 11.7. The maximum atomic E-state index is 13.1. The van der Waals surface area contributed by atoms with Gasteiger partial charge in [-0.3, -0.25) is 4.98 Å². The second kappa shape index (κ2) is 7.77. The van der Waals surface area contributed by atoms with E-state index in [2.05, 4.69) is 15.2 Å². The van der Waals surface area contributed by atoms with Gasteiger partial charge in [-0.1, -0.05) is 12.1 Å². The average Bonchev–Trinajstić information content (AvgIpc) is 2.63. The lowest BCUT2D eigenvalue weighted by Gasteiger charge is -2.36. The predicted octanol–water partition coefficient (Wildman–Crippen LogP) is 2.30. The molecule has 0 aliphatic carbocycles. The van der Waals surface area contributed by atoms with Gasteiger partial charge in [0.2, 0.25) is 0 Å². The van der Waals surface area contributed by atoms with E-state index in [1.54, 1.807) is 18.5 Å². The van der Waals surface area contributed by atoms with E-state index in [-0.39, 0.29) is 11.8 Å². The third-order valence-corrected chi connectivity index (χ3v) is 4.17. The molecule has 1 N–H and O–H groups in total. The van der Waals surface area contributed by atoms with Gasteiger partial charge in [-0.15, -0.1) is 0 Å². The molecule has 1 saturated heterocycles. The monoisotopic (exact) mass is 328 g/mol. The molecule has 24 heavy (non-hydrogen) atoms. The molecule has 2 heterocycles. The second-order valence-corrected chi connectivity index (χ2v) is 5.79. The van der Waals surface area contributed by atoms with Crippen LogP contribution in [-0.4, -0.2) is 48.6 Å². The molecule has 0 saturated carbocycles. The summed E-state index contributed by atoms with van der Waals surface area (Å²) in [6.45, 7) is 3.50. The highest BCUT2D eigenvalue weighted by molar-refractivity contribution is 5.74. The van der Waals surface area contributed by atoms with Crippen LogP contribution in [0, 0.1) is 5.82 Å². The zero-order valence-corrected chi connectivity index (χ0v) is 13.5. The lowest BCUT2D eigenvalue weighted by molar-refractivity contribution is 0.194. The number of nitrogens with one attached hydrogen (secondary N) is 1. The number of piperazine rings is 1. The van der Waals surface area contributed by atoms with E-state index in [1.807, 2.05) is 23.1 Å². The highest BCUT2D eigenvalue weighted by atomic mass is 19.1. The highest BCUT2D eigenvalue weighted by Gasteiger charge is 2.20. The molecule has 6 heteroatoms. The van der Waals surface area contributed by atoms with Crippen molar-refractivity contribution in [2.75, 3.05) is 37.6 Å². The Morgan fingerprint density at radius 1 is 1.12 bits per heavy atom. The minimum Gasteiger partial charge on any atom is -0.368 e. The molecule has 2 amide bonds. The fourth-order valence-electron chi connectivity index (χ4n) is 2.84. The Morgan fingerprint density at radius 3 is 2.58 bits per heavy atom. The molecule has 1 aromatic heterocycles. The maximum Gasteiger partial charge on any atom is 0.317 e. The average molecular weight is 328 g/mol. The molecule has 1 aliphatic rings. The molecule has 0 spiro atoms. The number of aromatic nitrogens is 1. The zero-order chi connectivity index (χ0) is 16.8. The Kier molecular flexibility index (Phi) is 5.25. The molecule has 3 rings (SSSR count). The van der Waals surface area contributed by atoms with Crippen LogP contribution in [0.1, 0.15) is 5.56 Å². The number of amides is 2. The fraction of sp³-hybridized carbons (Fsp3) is 0.333. The Bertz CT molecular complexity index is 672. The van der Waals surface area contributed by atoms with Gasteiger partial charge in [0.1, 0.15) is 5.82 Å². The number of benzene rings is 1. The van der Waals surface area contributed by atoms with Crippen molar-refractivity contribution in [1.29, 1.82) is 0 Å². The van der Waals surface area contributed by atoms with Gasteiger partial charge < -0.3 is 15.1 Å². The van der Waals surface area contributed by atoms with Crippen molar-refractivity contribution in [2.24, 2.45) is 0 Å². The molecule has 0 radical (unpaired) electrons. The third-order valence-electron chi connectivity index (χ3n) is 4.17. The number of nitrogens with zero attached hydrogens (tertiary/aromatic N) is 3. The number of carbonyl (C=O) groups is 1. The van der Waals surface area contributed by atoms with Gasteiger partial charge in [0.15, 0.2) is 0 Å². The number of hydrogen-bond donors (Lipinski definition) is 1. The summed E-state index contributed by atoms with van der Waals surface area (Å²) in [5.41, 5.74) is 2.02. The van der Waals surface area contributed by atoms with Crippen molar-refractivity contribution in [3.8, 4) is 0 Å². The fourth-order valence-corrected chi connectivity index (χ4v) is 2.84. The van der Waals surface area contributed by atoms with Crippen molar-refractivity contribution in [3.63, 3.8) is 0 Å². The van der Waals surface area contributed by atoms with Crippen LogP contribution in [-0.2, 0) is 6.42 Å². The first-order valence-corrected chi connectivity index (χ1v) is 8.14. The van der Waals surface area contributed by atoms with Gasteiger partial charge in [0.05, 0.1) is 0 Å². The van der Waals surface area contributed by atoms with Crippen molar-refractivity contribution in [3.05, 3.63) is 60.2 Å². The molecule has 0 atom stereocenters. The van der Waals surface area contributed by atoms with Gasteiger partial charge in [-0.25, -0.2) is 9.18 Å². The summed E-state index contributed by atoms with van der Waals surface area (Å²) in [6.07, 6.45) is 4.18. The Labute approximate surface area is 141 Å². The Morgan fingerprint density at radius 2 is 1.88 bits per heavy atom. The van der Waals surface area contributed by atoms with Crippen LogP contribution in [0.25, 0.3) is 0 Å². The van der Waals surface area contributed by atoms with Crippen LogP contribution >= 0.6 is 0 Å². The van der Waals surface area contributed by atoms with Crippen molar-refractivity contribution in [2.45, 2.75) is 6.42 Å². The Balaban J connectivity index is 1.42. The van der Waals surface area contributed by atoms with Crippen LogP contribution in [0.4, 0.5) is 14.9 Å². The van der Waals surface area contributed by atoms with Crippen molar-refractivity contribution < 1.29 is 9.18 Å². The number of halogens is 1. The molecular weight excluding hydrogens is 307 g/mol. The summed E-state index contributed by atoms with van der Waals surface area (Å²) in [5.74, 6) is -0.244. The summed E-state index contributed by atoms with van der Waals surface area (Å²) >= 11 is 0. The number of hydrogen-bond acceptors (Lipinski definition) is 3. The molecular formula is C18H21FN4O. The second-order valence-electron chi connectivity index (χ2n) is 5.79. The van der Waals surface area contributed by atoms with Crippen molar-refractivity contribution >= 4 is 11.7 Å². The zero-order valence-electron chi connectivity index (χ0n) is 13.5. The lowest BCUT2D eigenvalue weighted by atomic mass is 10.1. The molecule has 2 aromatic rings. The number of rotatable bonds is 4. The molecule has 0 bridgehead atoms. The summed E-state index contributed by atoms with van der Waals surface area (Å²) < 4.78 is 13.1. The maximum absolute atomic E-state index is 13.1. The smallest absolute Gasteiger partial charge is 0.317 e. The summed E-state index contributed by atoms with van der Waals surface area (Å²) in [6, 6.07) is 10.4. The number of carbonyl (C=O) groups excluding carboxylic acids is 1. The van der Waals surface area contributed by atoms with Crippen LogP contribution in [0.5, 0.6) is 0 Å². The first kappa shape index (κ1) is 16.2. The standard InChI is InChI=1S/C18H21FN4O/c19-16-3-1-2-15(14-16)4-9-21-18(24)23-12-10-22(11-13-23)17-5-7-20-8-6-17/h1-3,5-8,14H,4,9-13H2,(H,21,24). The van der Waals surface area contributed by atoms with Crippen LogP contribution in [0.15, 0.2) is 48.8 Å². The molecule has 1 aromatic carbocycles. The molecule has 5 nitrogen and oxygen atoms in total. The summed E-state index contributed by atoms with van der Waals surface area (Å²) in [5, 5.41) is 2.91. The van der Waals surface area contributed by atoms with Gasteiger partial charge in [0, 0.05) is 50.8 Å². The van der Waals surface area contributed by atoms with E-state index in [0.29, 0.717) is 26.1 Å². The van der Waals surface area contributed by atoms with Crippen LogP contribution in [0.3, 0.4) is 0 Å². The lowest BCUT2D eigenvalue weighted by Crippen LogP contribution is -2.52. The van der Waals surface area contributed by atoms with Crippen LogP contribution in [0.2, 0.25) is 0 Å². The largest absolute Gasteiger partial charge is 0.368 e. The topological polar surface area (TPSA) is 48.5 Å². The van der Waals surface area contributed by atoms with Gasteiger partial charge in [-0.2, -0.15) is 0 Å². The van der Waals surface area contributed by atoms with Gasteiger partial charge in [-0.05, 0) is 36.2 Å². The normalized spacial score (nSPS) is 14.5. The van der Waals surface area contributed by atoms with Crippen molar-refractivity contribution in [1.82, 2.24) is 15.2 Å². The Hall–Kier alpha value is -2.63. The quantitative estimate of drug-likeness (QED) is 0.937. The first-order valence-electron chi connectivity index (χ1n) is 8.14. The SMILES string of the molecule is O=C(NCCc1cccc(F)c1)N1CCN(c2ccncc2)CC1. The molecule has 126 valence electrons. The number of pyridine rings is 1. The van der Waals surface area contributed by atoms with Gasteiger partial charge >= 0.3 is 6.03 Å². The molecule has 1 aliphatic heterocycles. The predicted molar refractivity (Wildman–Crippen MR) is 91.5 cm³/mol. The highest BCUT2D eigenvalue weighted by Crippen LogP contribution is 2.14. The van der Waals surface area contributed by atoms with Gasteiger partial charge in [0.25, 0.3) is 0 Å². The summed E-state index contributed by atoms with van der Waals surface area (Å²) in [4.78, 5) is 20.3.